The van der Waals surface area contributed by atoms with Crippen molar-refractivity contribution in [1.82, 2.24) is 3.80 Å². The minimum absolute atomic E-state index is 0.185. The molecular weight excluding hydrogens is 293 g/mol. The average molecular weight is 315 g/mol. The summed E-state index contributed by atoms with van der Waals surface area (Å²) in [6.07, 6.45) is 7.00. The molecule has 1 aliphatic carbocycles. The zero-order valence-corrected chi connectivity index (χ0v) is 14.1. The molecule has 0 aromatic heterocycles. The second kappa shape index (κ2) is 2.29. The Morgan fingerprint density at radius 1 is 1.41 bits per heavy atom. The molecule has 0 fully saturated rings. The van der Waals surface area contributed by atoms with E-state index >= 15 is 0 Å². The summed E-state index contributed by atoms with van der Waals surface area (Å²) in [5.41, 5.74) is 1.05. The van der Waals surface area contributed by atoms with Crippen molar-refractivity contribution < 1.29 is 13.9 Å². The molecule has 17 heavy (non-hydrogen) atoms. The van der Waals surface area contributed by atoms with Crippen molar-refractivity contribution in [3.05, 3.63) is 23.8 Å². The zero-order valence-electron chi connectivity index (χ0n) is 11.0. The molecule has 0 aromatic carbocycles. The van der Waals surface area contributed by atoms with E-state index in [1.807, 2.05) is 18.2 Å². The predicted molar refractivity (Wildman–Crippen MR) is 76.9 cm³/mol. The van der Waals surface area contributed by atoms with Crippen LogP contribution in [-0.4, -0.2) is 10.7 Å². The topological polar surface area (TPSA) is 29.1 Å². The number of rotatable bonds is 3. The molecule has 1 rings (SSSR count). The molecule has 0 radical (unpaired) electrons. The van der Waals surface area contributed by atoms with Crippen LogP contribution in [0.1, 0.15) is 12.8 Å². The van der Waals surface area contributed by atoms with Crippen LogP contribution in [0.2, 0.25) is 20.9 Å². The maximum atomic E-state index is 12.1. The van der Waals surface area contributed by atoms with E-state index in [0.717, 1.165) is 12.0 Å². The molecule has 0 unspecified atom stereocenters. The number of hydrogen-bond donors (Lipinski definition) is 1. The Hall–Kier alpha value is 0.114. The Bertz CT molecular complexity index is 571. The predicted octanol–water partition coefficient (Wildman–Crippen LogP) is 4.52. The van der Waals surface area contributed by atoms with Gasteiger partial charge in [0.1, 0.15) is 0 Å². The maximum absolute atomic E-state index is 12.1. The molecule has 0 bridgehead atoms. The fourth-order valence-corrected chi connectivity index (χ4v) is 5.02. The van der Waals surface area contributed by atoms with Crippen molar-refractivity contribution in [1.29, 1.82) is 0 Å². The summed E-state index contributed by atoms with van der Waals surface area (Å²) in [7, 11) is 7.83. The normalized spacial score (nSPS) is 24.9. The van der Waals surface area contributed by atoms with Crippen molar-refractivity contribution in [3.8, 4) is 0 Å². The number of carbonyl (C=O) groups excluding carboxylic acids is 1. The minimum atomic E-state index is -5.55. The Morgan fingerprint density at radius 3 is 2.29 bits per heavy atom. The third-order valence-corrected chi connectivity index (χ3v) is 5.41. The van der Waals surface area contributed by atoms with E-state index in [9.17, 15) is 4.79 Å². The van der Waals surface area contributed by atoms with Crippen LogP contribution in [0.5, 0.6) is 0 Å². The van der Waals surface area contributed by atoms with Gasteiger partial charge in [-0.15, -0.1) is 0 Å². The zero-order chi connectivity index (χ0) is 13.8. The third kappa shape index (κ3) is 7.93. The molecule has 0 aliphatic heterocycles. The standard InChI is InChI=1S/C7H9NO.4CH3.CH2.2ClH.Ti/c8-7(9)5-6-3-1-2-4-6;;;;;;;;/h1-3H,4-5H2,(H2,8,9);4*1H3;1H2;2*1H;/q;;;;;;;;+3/p-3. The van der Waals surface area contributed by atoms with Crippen LogP contribution >= 0.6 is 18.6 Å². The van der Waals surface area contributed by atoms with Gasteiger partial charge in [-0.25, -0.2) is 0 Å². The molecule has 2 nitrogen and oxygen atoms in total. The fourth-order valence-electron chi connectivity index (χ4n) is 1.63. The molecule has 0 atom stereocenters. The summed E-state index contributed by atoms with van der Waals surface area (Å²) in [6, 6.07) is 0. The summed E-state index contributed by atoms with van der Waals surface area (Å²) in [6.45, 7) is 0. The van der Waals surface area contributed by atoms with E-state index in [2.05, 4.69) is 8.62 Å². The van der Waals surface area contributed by atoms with Gasteiger partial charge in [-0.3, -0.25) is 0 Å². The van der Waals surface area contributed by atoms with Gasteiger partial charge in [-0.1, -0.05) is 0 Å². The third-order valence-electron chi connectivity index (χ3n) is 2.06. The van der Waals surface area contributed by atoms with Gasteiger partial charge in [-0.2, -0.15) is 0 Å². The summed E-state index contributed by atoms with van der Waals surface area (Å²) < 4.78 is 2.83. The van der Waals surface area contributed by atoms with Gasteiger partial charge in [0.05, 0.1) is 0 Å². The van der Waals surface area contributed by atoms with E-state index in [0.29, 0.717) is 6.42 Å². The van der Waals surface area contributed by atoms with Crippen LogP contribution in [0.15, 0.2) is 23.8 Å². The first-order valence-corrected chi connectivity index (χ1v) is 18.3. The Kier molecular flexibility index (Phi) is 2.04. The summed E-state index contributed by atoms with van der Waals surface area (Å²) in [5.74, 6) is -0.185. The number of allylic oxidation sites excluding steroid dienone is 3. The molecule has 0 heterocycles. The Morgan fingerprint density at radius 2 is 1.94 bits per heavy atom. The Balaban J connectivity index is 2.96. The molecule has 1 N–H and O–H groups in total. The molecule has 1 amide bonds. The fraction of sp³-hybridized carbons (Fsp3) is 0.500. The van der Waals surface area contributed by atoms with Gasteiger partial charge in [0, 0.05) is 0 Å². The van der Waals surface area contributed by atoms with Crippen molar-refractivity contribution in [2.75, 3.05) is 0 Å². The molecule has 5 heteroatoms. The van der Waals surface area contributed by atoms with Crippen LogP contribution in [0.4, 0.5) is 0 Å². The van der Waals surface area contributed by atoms with Crippen molar-refractivity contribution in [3.63, 3.8) is 0 Å². The van der Waals surface area contributed by atoms with E-state index in [1.165, 1.54) is 0 Å². The number of hydrogen-bond acceptors (Lipinski definition) is 1. The molecule has 0 saturated heterocycles. The Labute approximate surface area is 104 Å². The number of halogens is 2. The van der Waals surface area contributed by atoms with Gasteiger partial charge >= 0.3 is 105 Å². The van der Waals surface area contributed by atoms with Crippen LogP contribution in [0.25, 0.3) is 0 Å². The van der Waals surface area contributed by atoms with Crippen LogP contribution in [0, 0.1) is 0 Å². The van der Waals surface area contributed by atoms with Crippen LogP contribution < -0.4 is 3.80 Å². The number of nitrogens with one attached hydrogen (secondary N) is 1. The molecule has 0 aromatic rings. The van der Waals surface area contributed by atoms with Crippen LogP contribution in [0.3, 0.4) is 0 Å². The first kappa shape index (κ1) is 15.2. The molecule has 0 spiro atoms. The van der Waals surface area contributed by atoms with Gasteiger partial charge in [0.15, 0.2) is 0 Å². The average Bonchev–Trinajstić information content (AvgIpc) is 2.27. The van der Waals surface area contributed by atoms with Crippen LogP contribution in [-0.2, 0) is 13.9 Å². The molecule has 1 aliphatic rings. The number of amides is 1. The van der Waals surface area contributed by atoms with Gasteiger partial charge in [-0.05, 0) is 0 Å². The van der Waals surface area contributed by atoms with Crippen molar-refractivity contribution >= 4 is 29.3 Å². The van der Waals surface area contributed by atoms with Gasteiger partial charge in [0.25, 0.3) is 0 Å². The quantitative estimate of drug-likeness (QED) is 0.762. The monoisotopic (exact) mass is 314 g/mol. The van der Waals surface area contributed by atoms with Crippen molar-refractivity contribution in [2.45, 2.75) is 33.8 Å². The summed E-state index contributed by atoms with van der Waals surface area (Å²) >= 11 is 0. The van der Waals surface area contributed by atoms with Crippen molar-refractivity contribution in [2.24, 2.45) is 0 Å². The van der Waals surface area contributed by atoms with Gasteiger partial charge in [0.2, 0.25) is 0 Å². The second-order valence-electron chi connectivity index (χ2n) is 9.81. The second-order valence-corrected chi connectivity index (χ2v) is 52.6. The van der Waals surface area contributed by atoms with Gasteiger partial charge < -0.3 is 0 Å². The first-order valence-electron chi connectivity index (χ1n) is 5.86. The number of carbonyl (C=O) groups is 1. The van der Waals surface area contributed by atoms with E-state index < -0.39 is 9.13 Å². The van der Waals surface area contributed by atoms with E-state index in [4.69, 9.17) is 18.6 Å². The summed E-state index contributed by atoms with van der Waals surface area (Å²) in [4.78, 5) is 16.1. The van der Waals surface area contributed by atoms with E-state index in [1.54, 1.807) is 20.9 Å². The molecular formula is C12H22Cl2NOTi. The molecule has 99 valence electrons. The first-order chi connectivity index (χ1) is 6.84. The summed E-state index contributed by atoms with van der Waals surface area (Å²) in [5, 5.41) is 6.65. The molecule has 0 saturated carbocycles. The SMILES string of the molecule is [CH2]=[Ti]([CH3])([CH3])([CH3])([CH3])([Cl])([Cl])[NH]C(=O)CC1=CC=CC1. The van der Waals surface area contributed by atoms with E-state index in [-0.39, 0.29) is 5.91 Å².